The first-order valence-electron chi connectivity index (χ1n) is 9.30. The van der Waals surface area contributed by atoms with Crippen LogP contribution in [0.15, 0.2) is 48.5 Å². The molecular weight excluding hydrogens is 354 g/mol. The van der Waals surface area contributed by atoms with Crippen molar-refractivity contribution in [3.63, 3.8) is 0 Å². The molecule has 7 heteroatoms. The summed E-state index contributed by atoms with van der Waals surface area (Å²) in [5.74, 6) is 1.14. The van der Waals surface area contributed by atoms with Crippen molar-refractivity contribution in [2.75, 3.05) is 50.6 Å². The predicted molar refractivity (Wildman–Crippen MR) is 110 cm³/mol. The van der Waals surface area contributed by atoms with E-state index in [2.05, 4.69) is 33.2 Å². The number of ether oxygens (including phenoxy) is 1. The third-order valence-electron chi connectivity index (χ3n) is 4.95. The highest BCUT2D eigenvalue weighted by Gasteiger charge is 2.19. The highest BCUT2D eigenvalue weighted by Crippen LogP contribution is 2.27. The largest absolute Gasteiger partial charge is 0.465 e. The van der Waals surface area contributed by atoms with Gasteiger partial charge >= 0.3 is 5.97 Å². The Morgan fingerprint density at radius 1 is 1.00 bits per heavy atom. The van der Waals surface area contributed by atoms with E-state index in [1.165, 1.54) is 7.11 Å². The highest BCUT2D eigenvalue weighted by molar-refractivity contribution is 5.91. The standard InChI is InChI=1S/C21H23N5O2/c1-25-11-13-26(14-12-25)19-17-5-3-4-6-18(17)23-21(24-19)22-16-9-7-15(8-10-16)20(27)28-2/h3-10H,11-14H2,1-2H3,(H,22,23,24). The van der Waals surface area contributed by atoms with Gasteiger partial charge in [-0.15, -0.1) is 0 Å². The van der Waals surface area contributed by atoms with Crippen molar-refractivity contribution in [2.24, 2.45) is 0 Å². The molecule has 1 aliphatic rings. The number of esters is 1. The van der Waals surface area contributed by atoms with Gasteiger partial charge in [-0.05, 0) is 43.4 Å². The first-order valence-corrected chi connectivity index (χ1v) is 9.30. The molecule has 1 fully saturated rings. The number of anilines is 3. The van der Waals surface area contributed by atoms with Crippen LogP contribution in [-0.2, 0) is 4.74 Å². The second kappa shape index (κ2) is 7.82. The Balaban J connectivity index is 1.65. The number of fused-ring (bicyclic) bond motifs is 1. The Morgan fingerprint density at radius 2 is 1.71 bits per heavy atom. The number of benzene rings is 2. The van der Waals surface area contributed by atoms with Crippen molar-refractivity contribution < 1.29 is 9.53 Å². The third kappa shape index (κ3) is 3.75. The Labute approximate surface area is 164 Å². The number of carbonyl (C=O) groups is 1. The van der Waals surface area contributed by atoms with Crippen molar-refractivity contribution >= 4 is 34.3 Å². The van der Waals surface area contributed by atoms with E-state index in [0.29, 0.717) is 11.5 Å². The number of hydrogen-bond donors (Lipinski definition) is 1. The summed E-state index contributed by atoms with van der Waals surface area (Å²) in [6.07, 6.45) is 0. The van der Waals surface area contributed by atoms with E-state index < -0.39 is 0 Å². The molecule has 4 rings (SSSR count). The normalized spacial score (nSPS) is 14.9. The van der Waals surface area contributed by atoms with Gasteiger partial charge in [-0.25, -0.2) is 9.78 Å². The molecule has 1 saturated heterocycles. The van der Waals surface area contributed by atoms with Crippen LogP contribution in [0.4, 0.5) is 17.5 Å². The van der Waals surface area contributed by atoms with Gasteiger partial charge in [-0.1, -0.05) is 12.1 Å². The number of rotatable bonds is 4. The summed E-state index contributed by atoms with van der Waals surface area (Å²) in [4.78, 5) is 25.7. The lowest BCUT2D eigenvalue weighted by Gasteiger charge is -2.33. The number of nitrogens with one attached hydrogen (secondary N) is 1. The molecule has 0 bridgehead atoms. The molecule has 0 unspecified atom stereocenters. The molecular formula is C21H23N5O2. The first-order chi connectivity index (χ1) is 13.6. The number of likely N-dealkylation sites (N-methyl/N-ethyl adjacent to an activating group) is 1. The fourth-order valence-corrected chi connectivity index (χ4v) is 3.31. The lowest BCUT2D eigenvalue weighted by atomic mass is 10.2. The van der Waals surface area contributed by atoms with E-state index >= 15 is 0 Å². The number of methoxy groups -OCH3 is 1. The van der Waals surface area contributed by atoms with E-state index in [0.717, 1.165) is 48.6 Å². The van der Waals surface area contributed by atoms with Crippen molar-refractivity contribution in [3.05, 3.63) is 54.1 Å². The average Bonchev–Trinajstić information content (AvgIpc) is 2.74. The quantitative estimate of drug-likeness (QED) is 0.701. The Bertz CT molecular complexity index is 982. The fraction of sp³-hybridized carbons (Fsp3) is 0.286. The summed E-state index contributed by atoms with van der Waals surface area (Å²) in [5, 5.41) is 4.31. The zero-order chi connectivity index (χ0) is 19.5. The van der Waals surface area contributed by atoms with Crippen LogP contribution in [-0.4, -0.2) is 61.2 Å². The molecule has 3 aromatic rings. The Morgan fingerprint density at radius 3 is 2.43 bits per heavy atom. The van der Waals surface area contributed by atoms with Gasteiger partial charge in [0.05, 0.1) is 18.2 Å². The lowest BCUT2D eigenvalue weighted by Crippen LogP contribution is -2.45. The van der Waals surface area contributed by atoms with Crippen LogP contribution in [0.5, 0.6) is 0 Å². The SMILES string of the molecule is COC(=O)c1ccc(Nc2nc(N3CCN(C)CC3)c3ccccc3n2)cc1. The van der Waals surface area contributed by atoms with Gasteiger partial charge in [-0.2, -0.15) is 4.98 Å². The molecule has 1 N–H and O–H groups in total. The van der Waals surface area contributed by atoms with E-state index in [-0.39, 0.29) is 5.97 Å². The maximum absolute atomic E-state index is 11.6. The molecule has 2 heterocycles. The molecule has 0 aliphatic carbocycles. The van der Waals surface area contributed by atoms with Gasteiger partial charge in [0.2, 0.25) is 5.95 Å². The Kier molecular flexibility index (Phi) is 5.08. The minimum atomic E-state index is -0.356. The third-order valence-corrected chi connectivity index (χ3v) is 4.95. The molecule has 7 nitrogen and oxygen atoms in total. The summed E-state index contributed by atoms with van der Waals surface area (Å²) in [6, 6.07) is 15.1. The van der Waals surface area contributed by atoms with Gasteiger partial charge in [0.1, 0.15) is 5.82 Å². The Hall–Kier alpha value is -3.19. The minimum absolute atomic E-state index is 0.356. The van der Waals surface area contributed by atoms with Gasteiger partial charge in [0.15, 0.2) is 0 Å². The molecule has 0 amide bonds. The second-order valence-electron chi connectivity index (χ2n) is 6.87. The zero-order valence-electron chi connectivity index (χ0n) is 16.1. The number of carbonyl (C=O) groups excluding carboxylic acids is 1. The molecule has 0 atom stereocenters. The van der Waals surface area contributed by atoms with E-state index in [1.54, 1.807) is 12.1 Å². The van der Waals surface area contributed by atoms with Gasteiger partial charge in [-0.3, -0.25) is 0 Å². The molecule has 1 aliphatic heterocycles. The van der Waals surface area contributed by atoms with E-state index in [4.69, 9.17) is 9.72 Å². The average molecular weight is 377 g/mol. The smallest absolute Gasteiger partial charge is 0.337 e. The van der Waals surface area contributed by atoms with Crippen molar-refractivity contribution in [2.45, 2.75) is 0 Å². The summed E-state index contributed by atoms with van der Waals surface area (Å²) in [7, 11) is 3.51. The van der Waals surface area contributed by atoms with Crippen molar-refractivity contribution in [3.8, 4) is 0 Å². The van der Waals surface area contributed by atoms with Crippen LogP contribution in [0, 0.1) is 0 Å². The highest BCUT2D eigenvalue weighted by atomic mass is 16.5. The summed E-state index contributed by atoms with van der Waals surface area (Å²) >= 11 is 0. The molecule has 1 aromatic heterocycles. The molecule has 0 spiro atoms. The monoisotopic (exact) mass is 377 g/mol. The van der Waals surface area contributed by atoms with Crippen LogP contribution < -0.4 is 10.2 Å². The minimum Gasteiger partial charge on any atom is -0.465 e. The van der Waals surface area contributed by atoms with Crippen LogP contribution in [0.25, 0.3) is 10.9 Å². The molecule has 0 radical (unpaired) electrons. The van der Waals surface area contributed by atoms with E-state index in [9.17, 15) is 4.79 Å². The molecule has 144 valence electrons. The molecule has 2 aromatic carbocycles. The van der Waals surface area contributed by atoms with Crippen LogP contribution in [0.2, 0.25) is 0 Å². The van der Waals surface area contributed by atoms with Crippen molar-refractivity contribution in [1.82, 2.24) is 14.9 Å². The summed E-state index contributed by atoms with van der Waals surface area (Å²) < 4.78 is 4.74. The lowest BCUT2D eigenvalue weighted by molar-refractivity contribution is 0.0601. The first kappa shape index (κ1) is 18.2. The van der Waals surface area contributed by atoms with Crippen LogP contribution in [0.1, 0.15) is 10.4 Å². The predicted octanol–water partition coefficient (Wildman–Crippen LogP) is 2.91. The second-order valence-corrected chi connectivity index (χ2v) is 6.87. The number of piperazine rings is 1. The van der Waals surface area contributed by atoms with E-state index in [1.807, 2.05) is 30.3 Å². The topological polar surface area (TPSA) is 70.6 Å². The summed E-state index contributed by atoms with van der Waals surface area (Å²) in [6.45, 7) is 3.89. The van der Waals surface area contributed by atoms with Gasteiger partial charge < -0.3 is 19.9 Å². The zero-order valence-corrected chi connectivity index (χ0v) is 16.1. The summed E-state index contributed by atoms with van der Waals surface area (Å²) in [5.41, 5.74) is 2.22. The van der Waals surface area contributed by atoms with Gasteiger partial charge in [0, 0.05) is 37.3 Å². The number of hydrogen-bond acceptors (Lipinski definition) is 7. The number of para-hydroxylation sites is 1. The maximum atomic E-state index is 11.6. The van der Waals surface area contributed by atoms with Gasteiger partial charge in [0.25, 0.3) is 0 Å². The number of aromatic nitrogens is 2. The fourth-order valence-electron chi connectivity index (χ4n) is 3.31. The maximum Gasteiger partial charge on any atom is 0.337 e. The van der Waals surface area contributed by atoms with Crippen LogP contribution in [0.3, 0.4) is 0 Å². The van der Waals surface area contributed by atoms with Crippen LogP contribution >= 0.6 is 0 Å². The van der Waals surface area contributed by atoms with Crippen molar-refractivity contribution in [1.29, 1.82) is 0 Å². The molecule has 0 saturated carbocycles. The molecule has 28 heavy (non-hydrogen) atoms. The number of nitrogens with zero attached hydrogens (tertiary/aromatic N) is 4.